The van der Waals surface area contributed by atoms with Crippen LogP contribution in [0.1, 0.15) is 24.3 Å². The van der Waals surface area contributed by atoms with Gasteiger partial charge < -0.3 is 15.7 Å². The van der Waals surface area contributed by atoms with Crippen molar-refractivity contribution in [3.8, 4) is 0 Å². The van der Waals surface area contributed by atoms with Gasteiger partial charge in [-0.1, -0.05) is 35.5 Å². The van der Waals surface area contributed by atoms with E-state index in [4.69, 9.17) is 15.7 Å². The predicted molar refractivity (Wildman–Crippen MR) is 78.9 cm³/mol. The molecule has 0 saturated carbocycles. The molecule has 2 unspecified atom stereocenters. The number of rotatable bonds is 6. The van der Waals surface area contributed by atoms with E-state index in [2.05, 4.69) is 5.16 Å². The first-order valence-corrected chi connectivity index (χ1v) is 7.68. The van der Waals surface area contributed by atoms with E-state index in [1.54, 1.807) is 11.8 Å². The summed E-state index contributed by atoms with van der Waals surface area (Å²) < 4.78 is 5.60. The van der Waals surface area contributed by atoms with Crippen LogP contribution in [0.15, 0.2) is 35.5 Å². The Morgan fingerprint density at radius 3 is 2.89 bits per heavy atom. The van der Waals surface area contributed by atoms with E-state index in [0.717, 1.165) is 36.5 Å². The summed E-state index contributed by atoms with van der Waals surface area (Å²) in [6.07, 6.45) is 2.67. The molecule has 0 spiro atoms. The molecular formula is C14H20N2O2S. The highest BCUT2D eigenvalue weighted by Gasteiger charge is 2.19. The van der Waals surface area contributed by atoms with Gasteiger partial charge in [-0.3, -0.25) is 0 Å². The Labute approximate surface area is 118 Å². The first-order valence-electron chi connectivity index (χ1n) is 6.53. The van der Waals surface area contributed by atoms with E-state index in [0.29, 0.717) is 6.10 Å². The average Bonchev–Trinajstić information content (AvgIpc) is 2.97. The molecule has 1 fully saturated rings. The molecule has 0 amide bonds. The molecule has 2 atom stereocenters. The van der Waals surface area contributed by atoms with Crippen molar-refractivity contribution < 1.29 is 9.94 Å². The van der Waals surface area contributed by atoms with Crippen LogP contribution in [0.25, 0.3) is 0 Å². The van der Waals surface area contributed by atoms with Crippen molar-refractivity contribution >= 4 is 17.6 Å². The van der Waals surface area contributed by atoms with E-state index in [-0.39, 0.29) is 11.8 Å². The zero-order chi connectivity index (χ0) is 13.5. The van der Waals surface area contributed by atoms with Crippen molar-refractivity contribution in [2.24, 2.45) is 10.9 Å². The minimum absolute atomic E-state index is 0.0439. The third kappa shape index (κ3) is 4.14. The van der Waals surface area contributed by atoms with Gasteiger partial charge in [-0.05, 0) is 18.4 Å². The fraction of sp³-hybridized carbons (Fsp3) is 0.500. The number of oxime groups is 1. The zero-order valence-corrected chi connectivity index (χ0v) is 11.7. The van der Waals surface area contributed by atoms with E-state index in [1.165, 1.54) is 0 Å². The Balaban J connectivity index is 1.91. The molecule has 0 aromatic heterocycles. The first-order chi connectivity index (χ1) is 9.31. The second-order valence-corrected chi connectivity index (χ2v) is 5.74. The molecule has 4 nitrogen and oxygen atoms in total. The number of hydrogen-bond donors (Lipinski definition) is 2. The second kappa shape index (κ2) is 7.40. The smallest absolute Gasteiger partial charge is 0.147 e. The maximum Gasteiger partial charge on any atom is 0.147 e. The summed E-state index contributed by atoms with van der Waals surface area (Å²) in [5.74, 6) is 2.01. The van der Waals surface area contributed by atoms with Crippen LogP contribution in [0.5, 0.6) is 0 Å². The Kier molecular flexibility index (Phi) is 5.54. The van der Waals surface area contributed by atoms with E-state index < -0.39 is 0 Å². The molecule has 1 aromatic carbocycles. The molecule has 19 heavy (non-hydrogen) atoms. The van der Waals surface area contributed by atoms with Crippen LogP contribution in [0.3, 0.4) is 0 Å². The highest BCUT2D eigenvalue weighted by molar-refractivity contribution is 7.99. The first kappa shape index (κ1) is 14.2. The highest BCUT2D eigenvalue weighted by Crippen LogP contribution is 2.24. The number of ether oxygens (including phenoxy) is 1. The molecule has 5 heteroatoms. The molecule has 1 saturated heterocycles. The van der Waals surface area contributed by atoms with Crippen LogP contribution >= 0.6 is 11.8 Å². The minimum Gasteiger partial charge on any atom is -0.409 e. The molecule has 1 heterocycles. The fourth-order valence-electron chi connectivity index (χ4n) is 2.20. The van der Waals surface area contributed by atoms with Crippen LogP contribution in [-0.4, -0.2) is 35.3 Å². The fourth-order valence-corrected chi connectivity index (χ4v) is 3.46. The quantitative estimate of drug-likeness (QED) is 0.363. The Morgan fingerprint density at radius 1 is 1.47 bits per heavy atom. The minimum atomic E-state index is -0.0439. The number of nitrogens with zero attached hydrogens (tertiary/aromatic N) is 1. The molecule has 0 bridgehead atoms. The summed E-state index contributed by atoms with van der Waals surface area (Å²) in [6.45, 7) is 0.883. The monoisotopic (exact) mass is 280 g/mol. The van der Waals surface area contributed by atoms with Gasteiger partial charge >= 0.3 is 0 Å². The molecule has 1 aliphatic heterocycles. The number of thioether (sulfide) groups is 1. The van der Waals surface area contributed by atoms with Gasteiger partial charge in [0, 0.05) is 18.1 Å². The van der Waals surface area contributed by atoms with Crippen molar-refractivity contribution in [2.45, 2.75) is 24.9 Å². The van der Waals surface area contributed by atoms with E-state index in [1.807, 2.05) is 30.3 Å². The lowest BCUT2D eigenvalue weighted by molar-refractivity contribution is 0.129. The molecule has 0 aliphatic carbocycles. The second-order valence-electron chi connectivity index (χ2n) is 4.66. The number of nitrogens with two attached hydrogens (primary N) is 1. The van der Waals surface area contributed by atoms with Crippen molar-refractivity contribution in [1.29, 1.82) is 0 Å². The van der Waals surface area contributed by atoms with Crippen LogP contribution in [0, 0.1) is 0 Å². The van der Waals surface area contributed by atoms with Gasteiger partial charge in [0.05, 0.1) is 12.0 Å². The van der Waals surface area contributed by atoms with Crippen molar-refractivity contribution in [3.63, 3.8) is 0 Å². The zero-order valence-electron chi connectivity index (χ0n) is 10.9. The molecular weight excluding hydrogens is 260 g/mol. The van der Waals surface area contributed by atoms with Crippen LogP contribution in [-0.2, 0) is 4.74 Å². The Morgan fingerprint density at radius 2 is 2.26 bits per heavy atom. The topological polar surface area (TPSA) is 67.8 Å². The van der Waals surface area contributed by atoms with Crippen LogP contribution < -0.4 is 5.73 Å². The lowest BCUT2D eigenvalue weighted by Gasteiger charge is -2.16. The third-order valence-corrected chi connectivity index (χ3v) is 4.46. The maximum absolute atomic E-state index is 8.91. The summed E-state index contributed by atoms with van der Waals surface area (Å²) in [6, 6.07) is 9.92. The summed E-state index contributed by atoms with van der Waals surface area (Å²) in [7, 11) is 0. The molecule has 0 radical (unpaired) electrons. The summed E-state index contributed by atoms with van der Waals surface area (Å²) in [4.78, 5) is 0. The van der Waals surface area contributed by atoms with Gasteiger partial charge in [-0.25, -0.2) is 0 Å². The maximum atomic E-state index is 8.91. The number of hydrogen-bond acceptors (Lipinski definition) is 4. The molecule has 104 valence electrons. The van der Waals surface area contributed by atoms with Crippen LogP contribution in [0.4, 0.5) is 0 Å². The van der Waals surface area contributed by atoms with Gasteiger partial charge in [0.25, 0.3) is 0 Å². The van der Waals surface area contributed by atoms with Crippen molar-refractivity contribution in [3.05, 3.63) is 35.9 Å². The van der Waals surface area contributed by atoms with Gasteiger partial charge in [0.15, 0.2) is 0 Å². The lowest BCUT2D eigenvalue weighted by atomic mass is 10.0. The van der Waals surface area contributed by atoms with Gasteiger partial charge in [-0.2, -0.15) is 11.8 Å². The van der Waals surface area contributed by atoms with Crippen molar-refractivity contribution in [1.82, 2.24) is 0 Å². The SMILES string of the molecule is N/C(=N/O)C(CSCC1CCCO1)c1ccccc1. The largest absolute Gasteiger partial charge is 0.409 e. The Bertz CT molecular complexity index is 405. The van der Waals surface area contributed by atoms with Gasteiger partial charge in [0.1, 0.15) is 5.84 Å². The summed E-state index contributed by atoms with van der Waals surface area (Å²) in [5, 5.41) is 12.1. The van der Waals surface area contributed by atoms with E-state index >= 15 is 0 Å². The average molecular weight is 280 g/mol. The molecule has 2 rings (SSSR count). The summed E-state index contributed by atoms with van der Waals surface area (Å²) in [5.41, 5.74) is 6.88. The lowest BCUT2D eigenvalue weighted by Crippen LogP contribution is -2.24. The van der Waals surface area contributed by atoms with Gasteiger partial charge in [-0.15, -0.1) is 0 Å². The number of amidine groups is 1. The molecule has 3 N–H and O–H groups in total. The number of benzene rings is 1. The molecule has 1 aromatic rings. The summed E-state index contributed by atoms with van der Waals surface area (Å²) >= 11 is 1.80. The third-order valence-electron chi connectivity index (χ3n) is 3.29. The van der Waals surface area contributed by atoms with Crippen LogP contribution in [0.2, 0.25) is 0 Å². The molecule has 1 aliphatic rings. The van der Waals surface area contributed by atoms with Crippen molar-refractivity contribution in [2.75, 3.05) is 18.1 Å². The predicted octanol–water partition coefficient (Wildman–Crippen LogP) is 2.43. The van der Waals surface area contributed by atoms with Gasteiger partial charge in [0.2, 0.25) is 0 Å². The van der Waals surface area contributed by atoms with E-state index in [9.17, 15) is 0 Å². The normalized spacial score (nSPS) is 21.5. The Hall–Kier alpha value is -1.20. The standard InChI is InChI=1S/C14H20N2O2S/c15-14(16-17)13(11-5-2-1-3-6-11)10-19-9-12-7-4-8-18-12/h1-3,5-6,12-13,17H,4,7-10H2,(H2,15,16). The highest BCUT2D eigenvalue weighted by atomic mass is 32.2.